The number of rotatable bonds is 7. The minimum atomic E-state index is -0.268. The molecule has 2 aromatic carbocycles. The third-order valence-electron chi connectivity index (χ3n) is 4.64. The van der Waals surface area contributed by atoms with E-state index in [2.05, 4.69) is 10.6 Å². The van der Waals surface area contributed by atoms with Crippen LogP contribution in [0.1, 0.15) is 23.1 Å². The van der Waals surface area contributed by atoms with Crippen LogP contribution in [0.3, 0.4) is 0 Å². The van der Waals surface area contributed by atoms with Crippen molar-refractivity contribution < 1.29 is 14.0 Å². The molecule has 2 N–H and O–H groups in total. The van der Waals surface area contributed by atoms with Gasteiger partial charge in [0, 0.05) is 13.1 Å². The quantitative estimate of drug-likeness (QED) is 0.803. The summed E-state index contributed by atoms with van der Waals surface area (Å²) in [6.45, 7) is 2.98. The Kier molecular flexibility index (Phi) is 5.66. The second kappa shape index (κ2) is 8.13. The zero-order valence-corrected chi connectivity index (χ0v) is 14.8. The van der Waals surface area contributed by atoms with E-state index in [0.717, 1.165) is 16.7 Å². The van der Waals surface area contributed by atoms with Gasteiger partial charge in [0.05, 0.1) is 11.8 Å². The van der Waals surface area contributed by atoms with Crippen molar-refractivity contribution in [1.29, 1.82) is 0 Å². The molecule has 1 fully saturated rings. The molecule has 3 rings (SSSR count). The lowest BCUT2D eigenvalue weighted by atomic mass is 10.1. The Morgan fingerprint density at radius 1 is 1.00 bits per heavy atom. The van der Waals surface area contributed by atoms with Gasteiger partial charge in [0.15, 0.2) is 0 Å². The monoisotopic (exact) mass is 354 g/mol. The molecule has 1 aliphatic rings. The molecule has 0 spiro atoms. The second-order valence-electron chi connectivity index (χ2n) is 6.82. The fraction of sp³-hybridized carbons (Fsp3) is 0.333. The first-order valence-electron chi connectivity index (χ1n) is 8.88. The molecule has 0 radical (unpaired) electrons. The molecule has 1 saturated carbocycles. The van der Waals surface area contributed by atoms with Crippen LogP contribution in [0.15, 0.2) is 48.5 Å². The smallest absolute Gasteiger partial charge is 0.224 e. The maximum absolute atomic E-state index is 12.9. The largest absolute Gasteiger partial charge is 0.356 e. The molecule has 0 aliphatic heterocycles. The zero-order valence-electron chi connectivity index (χ0n) is 14.8. The van der Waals surface area contributed by atoms with Gasteiger partial charge >= 0.3 is 0 Å². The fourth-order valence-corrected chi connectivity index (χ4v) is 3.03. The highest BCUT2D eigenvalue weighted by Gasteiger charge is 2.47. The van der Waals surface area contributed by atoms with Crippen LogP contribution in [0.5, 0.6) is 0 Å². The maximum atomic E-state index is 12.9. The molecule has 26 heavy (non-hydrogen) atoms. The standard InChI is InChI=1S/C21H23FN2O2/c1-14-3-2-4-16(11-14)13-24-21(26)19-12-18(19)20(25)23-10-9-15-5-7-17(22)8-6-15/h2-8,11,18-19H,9-10,12-13H2,1H3,(H,23,25)(H,24,26). The van der Waals surface area contributed by atoms with Gasteiger partial charge in [-0.1, -0.05) is 42.0 Å². The molecular weight excluding hydrogens is 331 g/mol. The number of amides is 2. The Labute approximate surface area is 152 Å². The number of hydrogen-bond donors (Lipinski definition) is 2. The lowest BCUT2D eigenvalue weighted by Gasteiger charge is -2.07. The highest BCUT2D eigenvalue weighted by molar-refractivity contribution is 5.92. The number of hydrogen-bond acceptors (Lipinski definition) is 2. The van der Waals surface area contributed by atoms with Gasteiger partial charge in [-0.3, -0.25) is 9.59 Å². The predicted molar refractivity (Wildman–Crippen MR) is 97.7 cm³/mol. The van der Waals surface area contributed by atoms with Crippen molar-refractivity contribution in [3.05, 3.63) is 71.0 Å². The number of benzene rings is 2. The lowest BCUT2D eigenvalue weighted by Crippen LogP contribution is -2.31. The van der Waals surface area contributed by atoms with Crippen LogP contribution in [-0.4, -0.2) is 18.4 Å². The summed E-state index contributed by atoms with van der Waals surface area (Å²) in [6, 6.07) is 14.2. The molecule has 136 valence electrons. The van der Waals surface area contributed by atoms with Gasteiger partial charge < -0.3 is 10.6 Å². The second-order valence-corrected chi connectivity index (χ2v) is 6.82. The van der Waals surface area contributed by atoms with Gasteiger partial charge in [-0.2, -0.15) is 0 Å². The van der Waals surface area contributed by atoms with Gasteiger partial charge in [-0.15, -0.1) is 0 Å². The minimum Gasteiger partial charge on any atom is -0.356 e. The number of aryl methyl sites for hydroxylation is 1. The van der Waals surface area contributed by atoms with Crippen LogP contribution in [0, 0.1) is 24.6 Å². The molecule has 2 unspecified atom stereocenters. The Hall–Kier alpha value is -2.69. The molecular formula is C21H23FN2O2. The molecule has 5 heteroatoms. The zero-order chi connectivity index (χ0) is 18.5. The van der Waals surface area contributed by atoms with Gasteiger partial charge in [-0.25, -0.2) is 4.39 Å². The third kappa shape index (κ3) is 4.91. The fourth-order valence-electron chi connectivity index (χ4n) is 3.03. The topological polar surface area (TPSA) is 58.2 Å². The summed E-state index contributed by atoms with van der Waals surface area (Å²) < 4.78 is 12.9. The van der Waals surface area contributed by atoms with Crippen molar-refractivity contribution in [3.8, 4) is 0 Å². The van der Waals surface area contributed by atoms with E-state index in [1.54, 1.807) is 12.1 Å². The van der Waals surface area contributed by atoms with E-state index in [4.69, 9.17) is 0 Å². The summed E-state index contributed by atoms with van der Waals surface area (Å²) >= 11 is 0. The van der Waals surface area contributed by atoms with Crippen LogP contribution < -0.4 is 10.6 Å². The van der Waals surface area contributed by atoms with Crippen LogP contribution in [-0.2, 0) is 22.6 Å². The average Bonchev–Trinajstić information content (AvgIpc) is 3.42. The first-order chi connectivity index (χ1) is 12.5. The molecule has 0 heterocycles. The summed E-state index contributed by atoms with van der Waals surface area (Å²) in [4.78, 5) is 24.3. The van der Waals surface area contributed by atoms with Crippen molar-refractivity contribution in [2.45, 2.75) is 26.3 Å². The van der Waals surface area contributed by atoms with E-state index >= 15 is 0 Å². The first-order valence-corrected chi connectivity index (χ1v) is 8.88. The van der Waals surface area contributed by atoms with E-state index < -0.39 is 0 Å². The summed E-state index contributed by atoms with van der Waals surface area (Å²) in [5.41, 5.74) is 3.18. The highest BCUT2D eigenvalue weighted by atomic mass is 19.1. The maximum Gasteiger partial charge on any atom is 0.224 e. The van der Waals surface area contributed by atoms with Crippen molar-refractivity contribution in [1.82, 2.24) is 10.6 Å². The lowest BCUT2D eigenvalue weighted by molar-refractivity contribution is -0.127. The van der Waals surface area contributed by atoms with Crippen molar-refractivity contribution in [2.24, 2.45) is 11.8 Å². The Balaban J connectivity index is 1.37. The number of nitrogens with one attached hydrogen (secondary N) is 2. The number of halogens is 1. The summed E-state index contributed by atoms with van der Waals surface area (Å²) in [5, 5.41) is 5.77. The Morgan fingerprint density at radius 2 is 1.69 bits per heavy atom. The highest BCUT2D eigenvalue weighted by Crippen LogP contribution is 2.38. The van der Waals surface area contributed by atoms with Gasteiger partial charge in [-0.05, 0) is 43.0 Å². The van der Waals surface area contributed by atoms with Gasteiger partial charge in [0.1, 0.15) is 5.82 Å². The average molecular weight is 354 g/mol. The summed E-state index contributed by atoms with van der Waals surface area (Å²) in [5.74, 6) is -0.880. The molecule has 2 amide bonds. The molecule has 0 saturated heterocycles. The van der Waals surface area contributed by atoms with Gasteiger partial charge in [0.25, 0.3) is 0 Å². The number of carbonyl (C=O) groups is 2. The number of carbonyl (C=O) groups excluding carboxylic acids is 2. The van der Waals surface area contributed by atoms with E-state index in [-0.39, 0.29) is 29.5 Å². The van der Waals surface area contributed by atoms with Crippen molar-refractivity contribution in [3.63, 3.8) is 0 Å². The first kappa shape index (κ1) is 18.1. The van der Waals surface area contributed by atoms with E-state index in [0.29, 0.717) is 25.9 Å². The Morgan fingerprint density at radius 3 is 2.38 bits per heavy atom. The summed E-state index contributed by atoms with van der Waals surface area (Å²) in [7, 11) is 0. The van der Waals surface area contributed by atoms with E-state index in [1.165, 1.54) is 12.1 Å². The predicted octanol–water partition coefficient (Wildman–Crippen LogP) is 2.75. The van der Waals surface area contributed by atoms with Crippen molar-refractivity contribution in [2.75, 3.05) is 6.54 Å². The molecule has 0 aromatic heterocycles. The molecule has 0 bridgehead atoms. The van der Waals surface area contributed by atoms with Crippen LogP contribution >= 0.6 is 0 Å². The minimum absolute atomic E-state index is 0.0646. The van der Waals surface area contributed by atoms with Gasteiger partial charge in [0.2, 0.25) is 11.8 Å². The molecule has 1 aliphatic carbocycles. The third-order valence-corrected chi connectivity index (χ3v) is 4.64. The van der Waals surface area contributed by atoms with E-state index in [9.17, 15) is 14.0 Å². The van der Waals surface area contributed by atoms with Crippen molar-refractivity contribution >= 4 is 11.8 Å². The normalized spacial score (nSPS) is 18.2. The summed E-state index contributed by atoms with van der Waals surface area (Å²) in [6.07, 6.45) is 1.24. The van der Waals surface area contributed by atoms with Crippen LogP contribution in [0.4, 0.5) is 4.39 Å². The molecule has 2 atom stereocenters. The van der Waals surface area contributed by atoms with Crippen LogP contribution in [0.25, 0.3) is 0 Å². The molecule has 4 nitrogen and oxygen atoms in total. The molecule has 2 aromatic rings. The Bertz CT molecular complexity index is 789. The van der Waals surface area contributed by atoms with Crippen LogP contribution in [0.2, 0.25) is 0 Å². The van der Waals surface area contributed by atoms with E-state index in [1.807, 2.05) is 31.2 Å². The SMILES string of the molecule is Cc1cccc(CNC(=O)C2CC2C(=O)NCCc2ccc(F)cc2)c1.